The molecule has 0 aromatic carbocycles. The van der Waals surface area contributed by atoms with Crippen molar-refractivity contribution >= 4 is 29.0 Å². The van der Waals surface area contributed by atoms with Gasteiger partial charge in [0.1, 0.15) is 0 Å². The van der Waals surface area contributed by atoms with Crippen LogP contribution in [0.15, 0.2) is 27.2 Å². The molecule has 0 fully saturated rings. The van der Waals surface area contributed by atoms with E-state index in [0.29, 0.717) is 23.3 Å². The lowest BCUT2D eigenvalue weighted by Gasteiger charge is -2.20. The molecule has 108 valence electrons. The Hall–Kier alpha value is -1.34. The number of hydrogen-bond donors (Lipinski definition) is 0. The highest BCUT2D eigenvalue weighted by atomic mass is 32.2. The highest BCUT2D eigenvalue weighted by Crippen LogP contribution is 2.19. The fourth-order valence-corrected chi connectivity index (χ4v) is 2.84. The second-order valence-corrected chi connectivity index (χ2v) is 6.56. The van der Waals surface area contributed by atoms with Crippen molar-refractivity contribution in [1.29, 1.82) is 0 Å². The second-order valence-electron chi connectivity index (χ2n) is 4.60. The Kier molecular flexibility index (Phi) is 5.19. The summed E-state index contributed by atoms with van der Waals surface area (Å²) in [6.45, 7) is 3.96. The van der Waals surface area contributed by atoms with Gasteiger partial charge in [0.15, 0.2) is 0 Å². The van der Waals surface area contributed by atoms with Crippen LogP contribution in [0.3, 0.4) is 0 Å². The SMILES string of the molecule is CC(C)N(C)C(=O)CSc1nnc(Cc2cccs2)o1. The molecule has 0 aliphatic carbocycles. The highest BCUT2D eigenvalue weighted by Gasteiger charge is 2.15. The molecular weight excluding hydrogens is 294 g/mol. The Bertz CT molecular complexity index is 552. The van der Waals surface area contributed by atoms with E-state index in [1.807, 2.05) is 31.4 Å². The number of thioether (sulfide) groups is 1. The van der Waals surface area contributed by atoms with Crippen LogP contribution in [0.4, 0.5) is 0 Å². The van der Waals surface area contributed by atoms with E-state index < -0.39 is 0 Å². The van der Waals surface area contributed by atoms with Crippen molar-refractivity contribution in [2.24, 2.45) is 0 Å². The maximum Gasteiger partial charge on any atom is 0.277 e. The lowest BCUT2D eigenvalue weighted by Crippen LogP contribution is -2.34. The maximum absolute atomic E-state index is 11.8. The van der Waals surface area contributed by atoms with Crippen LogP contribution in [0, 0.1) is 0 Å². The average Bonchev–Trinajstić information content (AvgIpc) is 3.07. The number of hydrogen-bond acceptors (Lipinski definition) is 6. The molecule has 2 rings (SSSR count). The van der Waals surface area contributed by atoms with Crippen LogP contribution in [0.25, 0.3) is 0 Å². The van der Waals surface area contributed by atoms with Crippen molar-refractivity contribution in [2.45, 2.75) is 31.5 Å². The third-order valence-electron chi connectivity index (χ3n) is 2.84. The minimum atomic E-state index is 0.0583. The van der Waals surface area contributed by atoms with Gasteiger partial charge in [0, 0.05) is 18.0 Å². The number of carbonyl (C=O) groups excluding carboxylic acids is 1. The van der Waals surface area contributed by atoms with Crippen LogP contribution >= 0.6 is 23.1 Å². The summed E-state index contributed by atoms with van der Waals surface area (Å²) in [5, 5.41) is 10.4. The molecule has 1 amide bonds. The molecule has 0 aliphatic heterocycles. The van der Waals surface area contributed by atoms with Crippen LogP contribution in [-0.4, -0.2) is 39.8 Å². The van der Waals surface area contributed by atoms with Crippen LogP contribution in [0.1, 0.15) is 24.6 Å². The molecular formula is C13H17N3O2S2. The van der Waals surface area contributed by atoms with Gasteiger partial charge in [-0.1, -0.05) is 17.8 Å². The Morgan fingerprint density at radius 3 is 2.95 bits per heavy atom. The van der Waals surface area contributed by atoms with Gasteiger partial charge in [-0.3, -0.25) is 4.79 Å². The summed E-state index contributed by atoms with van der Waals surface area (Å²) >= 11 is 2.94. The van der Waals surface area contributed by atoms with Gasteiger partial charge in [-0.05, 0) is 25.3 Å². The molecule has 0 saturated carbocycles. The predicted octanol–water partition coefficient (Wildman–Crippen LogP) is 2.68. The topological polar surface area (TPSA) is 59.2 Å². The van der Waals surface area contributed by atoms with E-state index in [9.17, 15) is 4.79 Å². The normalized spacial score (nSPS) is 11.0. The average molecular weight is 311 g/mol. The van der Waals surface area contributed by atoms with E-state index in [2.05, 4.69) is 10.2 Å². The molecule has 0 radical (unpaired) electrons. The molecule has 0 bridgehead atoms. The molecule has 7 heteroatoms. The molecule has 2 aromatic rings. The minimum absolute atomic E-state index is 0.0583. The van der Waals surface area contributed by atoms with E-state index in [-0.39, 0.29) is 11.9 Å². The van der Waals surface area contributed by atoms with Gasteiger partial charge in [-0.25, -0.2) is 0 Å². The summed E-state index contributed by atoms with van der Waals surface area (Å²) in [5.41, 5.74) is 0. The van der Waals surface area contributed by atoms with Crippen molar-refractivity contribution in [3.63, 3.8) is 0 Å². The van der Waals surface area contributed by atoms with Crippen LogP contribution < -0.4 is 0 Å². The van der Waals surface area contributed by atoms with Crippen LogP contribution in [0.2, 0.25) is 0 Å². The first-order chi connectivity index (χ1) is 9.56. The summed E-state index contributed by atoms with van der Waals surface area (Å²) in [6, 6.07) is 4.22. The summed E-state index contributed by atoms with van der Waals surface area (Å²) < 4.78 is 5.52. The van der Waals surface area contributed by atoms with Gasteiger partial charge >= 0.3 is 0 Å². The molecule has 5 nitrogen and oxygen atoms in total. The Morgan fingerprint density at radius 2 is 2.30 bits per heavy atom. The lowest BCUT2D eigenvalue weighted by molar-refractivity contribution is -0.128. The number of aromatic nitrogens is 2. The molecule has 0 atom stereocenters. The number of amides is 1. The zero-order chi connectivity index (χ0) is 14.5. The van der Waals surface area contributed by atoms with Crippen molar-refractivity contribution < 1.29 is 9.21 Å². The first kappa shape index (κ1) is 15.1. The van der Waals surface area contributed by atoms with Gasteiger partial charge in [-0.2, -0.15) is 0 Å². The monoisotopic (exact) mass is 311 g/mol. The Morgan fingerprint density at radius 1 is 1.50 bits per heavy atom. The zero-order valence-corrected chi connectivity index (χ0v) is 13.3. The number of nitrogens with zero attached hydrogens (tertiary/aromatic N) is 3. The third kappa shape index (κ3) is 4.08. The molecule has 2 heterocycles. The Balaban J connectivity index is 1.85. The summed E-state index contributed by atoms with van der Waals surface area (Å²) in [6.07, 6.45) is 0.644. The number of carbonyl (C=O) groups is 1. The second kappa shape index (κ2) is 6.90. The van der Waals surface area contributed by atoms with Gasteiger partial charge in [-0.15, -0.1) is 21.5 Å². The van der Waals surface area contributed by atoms with E-state index in [1.165, 1.54) is 16.6 Å². The summed E-state index contributed by atoms with van der Waals surface area (Å²) in [7, 11) is 1.80. The van der Waals surface area contributed by atoms with Crippen molar-refractivity contribution in [1.82, 2.24) is 15.1 Å². The van der Waals surface area contributed by atoms with Gasteiger partial charge in [0.25, 0.3) is 5.22 Å². The smallest absolute Gasteiger partial charge is 0.277 e. The zero-order valence-electron chi connectivity index (χ0n) is 11.7. The predicted molar refractivity (Wildman–Crippen MR) is 80.1 cm³/mol. The van der Waals surface area contributed by atoms with Gasteiger partial charge in [0.2, 0.25) is 11.8 Å². The molecule has 0 saturated heterocycles. The van der Waals surface area contributed by atoms with Gasteiger partial charge < -0.3 is 9.32 Å². The van der Waals surface area contributed by atoms with Crippen molar-refractivity contribution in [2.75, 3.05) is 12.8 Å². The molecule has 0 N–H and O–H groups in total. The van der Waals surface area contributed by atoms with Gasteiger partial charge in [0.05, 0.1) is 12.2 Å². The standard InChI is InChI=1S/C13H17N3O2S2/c1-9(2)16(3)12(17)8-20-13-15-14-11(18-13)7-10-5-4-6-19-10/h4-6,9H,7-8H2,1-3H3. The van der Waals surface area contributed by atoms with Crippen molar-refractivity contribution in [3.05, 3.63) is 28.3 Å². The van der Waals surface area contributed by atoms with E-state index in [1.54, 1.807) is 23.3 Å². The van der Waals surface area contributed by atoms with Crippen LogP contribution in [-0.2, 0) is 11.2 Å². The largest absolute Gasteiger partial charge is 0.416 e. The molecule has 20 heavy (non-hydrogen) atoms. The summed E-state index contributed by atoms with van der Waals surface area (Å²) in [4.78, 5) is 14.7. The van der Waals surface area contributed by atoms with E-state index in [4.69, 9.17) is 4.42 Å². The van der Waals surface area contributed by atoms with E-state index in [0.717, 1.165) is 0 Å². The first-order valence-corrected chi connectivity index (χ1v) is 8.16. The van der Waals surface area contributed by atoms with Crippen molar-refractivity contribution in [3.8, 4) is 0 Å². The lowest BCUT2D eigenvalue weighted by atomic mass is 10.3. The molecule has 2 aromatic heterocycles. The van der Waals surface area contributed by atoms with E-state index >= 15 is 0 Å². The minimum Gasteiger partial charge on any atom is -0.416 e. The fraction of sp³-hybridized carbons (Fsp3) is 0.462. The third-order valence-corrected chi connectivity index (χ3v) is 4.52. The quantitative estimate of drug-likeness (QED) is 0.768. The maximum atomic E-state index is 11.8. The number of rotatable bonds is 6. The summed E-state index contributed by atoms with van der Waals surface area (Å²) in [5.74, 6) is 0.956. The fourth-order valence-electron chi connectivity index (χ4n) is 1.44. The highest BCUT2D eigenvalue weighted by molar-refractivity contribution is 7.99. The molecule has 0 spiro atoms. The first-order valence-electron chi connectivity index (χ1n) is 6.29. The molecule has 0 unspecified atom stereocenters. The number of thiophene rings is 1. The molecule has 0 aliphatic rings. The Labute approximate surface area is 126 Å². The van der Waals surface area contributed by atoms with Crippen LogP contribution in [0.5, 0.6) is 0 Å².